The maximum absolute atomic E-state index is 12.9. The highest BCUT2D eigenvalue weighted by molar-refractivity contribution is 5.88. The number of carbonyl (C=O) groups is 5. The average Bonchev–Trinajstić information content (AvgIpc) is 3.35. The molecular weight excluding hydrogens is 578 g/mol. The number of esters is 3. The van der Waals surface area contributed by atoms with Crippen LogP contribution in [0.25, 0.3) is 0 Å². The molecule has 45 heavy (non-hydrogen) atoms. The number of nitrogens with zero attached hydrogens (tertiary/aromatic N) is 1. The first-order valence-corrected chi connectivity index (χ1v) is 15.4. The molecule has 0 aromatic heterocycles. The van der Waals surface area contributed by atoms with Gasteiger partial charge in [-0.3, -0.25) is 19.2 Å². The second-order valence-corrected chi connectivity index (χ2v) is 12.4. The molecular formula is C35H45NO9. The molecule has 0 radical (unpaired) electrons. The van der Waals surface area contributed by atoms with Crippen molar-refractivity contribution >= 4 is 29.8 Å². The van der Waals surface area contributed by atoms with Crippen molar-refractivity contribution in [1.82, 2.24) is 4.90 Å². The molecule has 10 heteroatoms. The zero-order valence-corrected chi connectivity index (χ0v) is 26.8. The van der Waals surface area contributed by atoms with Crippen LogP contribution in [0.1, 0.15) is 64.5 Å². The topological polar surface area (TPSA) is 137 Å². The number of carboxylic acids is 1. The van der Waals surface area contributed by atoms with Gasteiger partial charge in [-0.25, -0.2) is 4.79 Å². The summed E-state index contributed by atoms with van der Waals surface area (Å²) in [5, 5.41) is 8.65. The molecule has 2 aromatic carbocycles. The highest BCUT2D eigenvalue weighted by atomic mass is 16.5. The van der Waals surface area contributed by atoms with Gasteiger partial charge in [0.15, 0.2) is 0 Å². The zero-order chi connectivity index (χ0) is 33.1. The number of ether oxygens (including phenoxy) is 3. The van der Waals surface area contributed by atoms with Gasteiger partial charge in [-0.2, -0.15) is 0 Å². The lowest BCUT2D eigenvalue weighted by Crippen LogP contribution is -2.47. The summed E-state index contributed by atoms with van der Waals surface area (Å²) in [5.74, 6) is -2.37. The Bertz CT molecular complexity index is 1310. The SMILES string of the molecule is COC(=O)[C@@H]1[C@@H]2C(CN1C(=O)[C@@H](C)CCC(=O)OCc1ccccc1)C2(C)C.C[C@@H](CCC(=O)OCc1ccccc1)C(=O)O. The van der Waals surface area contributed by atoms with E-state index in [-0.39, 0.29) is 67.1 Å². The lowest BCUT2D eigenvalue weighted by atomic mass is 9.98. The lowest BCUT2D eigenvalue weighted by Gasteiger charge is -2.31. The maximum Gasteiger partial charge on any atom is 0.328 e. The third-order valence-electron chi connectivity index (χ3n) is 8.83. The van der Waals surface area contributed by atoms with E-state index in [9.17, 15) is 24.0 Å². The van der Waals surface area contributed by atoms with Gasteiger partial charge in [0.1, 0.15) is 19.3 Å². The molecule has 0 bridgehead atoms. The average molecular weight is 624 g/mol. The fourth-order valence-electron chi connectivity index (χ4n) is 5.72. The van der Waals surface area contributed by atoms with Gasteiger partial charge in [0.2, 0.25) is 5.91 Å². The standard InChI is InChI=1S/C22H29NO5.C13H16O4/c1-14(10-11-17(24)28-13-15-8-6-5-7-9-15)20(25)23-12-16-18(22(16,2)3)19(23)21(26)27-4;1-10(13(15)16)7-8-12(14)17-9-11-5-3-2-4-6-11/h5-9,14,16,18-19H,10-13H2,1-4H3;2-6,10H,7-9H2,1H3,(H,15,16)/t14-,16?,18-,19-;10-/m00/s1. The number of rotatable bonds is 13. The molecule has 5 atom stereocenters. The summed E-state index contributed by atoms with van der Waals surface area (Å²) < 4.78 is 15.3. The van der Waals surface area contributed by atoms with E-state index in [0.717, 1.165) is 11.1 Å². The number of piperidine rings is 1. The van der Waals surface area contributed by atoms with Crippen molar-refractivity contribution in [2.24, 2.45) is 29.1 Å². The molecule has 2 fully saturated rings. The minimum absolute atomic E-state index is 0.0696. The third-order valence-corrected chi connectivity index (χ3v) is 8.83. The second kappa shape index (κ2) is 16.2. The van der Waals surface area contributed by atoms with Crippen LogP contribution in [-0.4, -0.2) is 59.5 Å². The summed E-state index contributed by atoms with van der Waals surface area (Å²) in [5.41, 5.74) is 1.92. The first kappa shape index (κ1) is 35.3. The molecule has 1 saturated carbocycles. The molecule has 1 N–H and O–H groups in total. The predicted octanol–water partition coefficient (Wildman–Crippen LogP) is 5.03. The third kappa shape index (κ3) is 9.89. The molecule has 0 spiro atoms. The van der Waals surface area contributed by atoms with Crippen molar-refractivity contribution in [1.29, 1.82) is 0 Å². The van der Waals surface area contributed by atoms with Crippen molar-refractivity contribution in [3.63, 3.8) is 0 Å². The smallest absolute Gasteiger partial charge is 0.328 e. The van der Waals surface area contributed by atoms with E-state index < -0.39 is 17.9 Å². The van der Waals surface area contributed by atoms with Gasteiger partial charge < -0.3 is 24.2 Å². The maximum atomic E-state index is 12.9. The molecule has 1 amide bonds. The fourth-order valence-corrected chi connectivity index (χ4v) is 5.72. The lowest BCUT2D eigenvalue weighted by molar-refractivity contribution is -0.154. The first-order chi connectivity index (χ1) is 21.4. The van der Waals surface area contributed by atoms with Gasteiger partial charge in [0.05, 0.1) is 13.0 Å². The molecule has 4 rings (SSSR count). The summed E-state index contributed by atoms with van der Waals surface area (Å²) in [4.78, 5) is 60.7. The van der Waals surface area contributed by atoms with Crippen LogP contribution in [0.4, 0.5) is 0 Å². The highest BCUT2D eigenvalue weighted by Crippen LogP contribution is 2.65. The number of amides is 1. The number of benzene rings is 2. The predicted molar refractivity (Wildman–Crippen MR) is 165 cm³/mol. The minimum atomic E-state index is -0.888. The Morgan fingerprint density at radius 3 is 1.73 bits per heavy atom. The minimum Gasteiger partial charge on any atom is -0.481 e. The Balaban J connectivity index is 0.000000279. The van der Waals surface area contributed by atoms with Gasteiger partial charge in [-0.15, -0.1) is 0 Å². The molecule has 1 heterocycles. The van der Waals surface area contributed by atoms with Crippen molar-refractivity contribution in [2.75, 3.05) is 13.7 Å². The summed E-state index contributed by atoms with van der Waals surface area (Å²) in [6, 6.07) is 18.3. The van der Waals surface area contributed by atoms with Crippen LogP contribution in [0.15, 0.2) is 60.7 Å². The number of carbonyl (C=O) groups excluding carboxylic acids is 4. The summed E-state index contributed by atoms with van der Waals surface area (Å²) in [6.07, 6.45) is 1.02. The van der Waals surface area contributed by atoms with Crippen LogP contribution in [0.2, 0.25) is 0 Å². The Kier molecular flexibility index (Phi) is 12.7. The number of carboxylic acid groups (broad SMARTS) is 1. The number of hydrogen-bond acceptors (Lipinski definition) is 8. The van der Waals surface area contributed by atoms with Crippen LogP contribution in [-0.2, 0) is 51.4 Å². The molecule has 10 nitrogen and oxygen atoms in total. The van der Waals surface area contributed by atoms with E-state index in [1.165, 1.54) is 7.11 Å². The van der Waals surface area contributed by atoms with E-state index in [4.69, 9.17) is 19.3 Å². The molecule has 2 aliphatic rings. The van der Waals surface area contributed by atoms with E-state index in [0.29, 0.717) is 25.3 Å². The Morgan fingerprint density at radius 1 is 0.822 bits per heavy atom. The number of hydrogen-bond donors (Lipinski definition) is 1. The van der Waals surface area contributed by atoms with Crippen LogP contribution in [0.5, 0.6) is 0 Å². The zero-order valence-electron chi connectivity index (χ0n) is 26.8. The Morgan fingerprint density at radius 2 is 1.29 bits per heavy atom. The molecule has 2 aromatic rings. The van der Waals surface area contributed by atoms with E-state index >= 15 is 0 Å². The molecule has 244 valence electrons. The normalized spacial score (nSPS) is 20.4. The largest absolute Gasteiger partial charge is 0.481 e. The van der Waals surface area contributed by atoms with E-state index in [1.54, 1.807) is 18.7 Å². The van der Waals surface area contributed by atoms with Gasteiger partial charge in [0.25, 0.3) is 0 Å². The van der Waals surface area contributed by atoms with Crippen LogP contribution in [0, 0.1) is 29.1 Å². The van der Waals surface area contributed by atoms with E-state index in [2.05, 4.69) is 13.8 Å². The number of fused-ring (bicyclic) bond motifs is 1. The fraction of sp³-hybridized carbons (Fsp3) is 0.514. The first-order valence-electron chi connectivity index (χ1n) is 15.4. The van der Waals surface area contributed by atoms with Crippen molar-refractivity contribution in [3.8, 4) is 0 Å². The van der Waals surface area contributed by atoms with Gasteiger partial charge >= 0.3 is 23.9 Å². The summed E-state index contributed by atoms with van der Waals surface area (Å²) >= 11 is 0. The summed E-state index contributed by atoms with van der Waals surface area (Å²) in [7, 11) is 1.36. The van der Waals surface area contributed by atoms with Gasteiger partial charge in [0, 0.05) is 31.2 Å². The highest BCUT2D eigenvalue weighted by Gasteiger charge is 2.69. The number of likely N-dealkylation sites (tertiary alicyclic amines) is 1. The van der Waals surface area contributed by atoms with Gasteiger partial charge in [-0.05, 0) is 35.3 Å². The van der Waals surface area contributed by atoms with E-state index in [1.807, 2.05) is 60.7 Å². The number of aliphatic carboxylic acids is 1. The second-order valence-electron chi connectivity index (χ2n) is 12.4. The molecule has 1 unspecified atom stereocenters. The molecule has 1 aliphatic heterocycles. The quantitative estimate of drug-likeness (QED) is 0.241. The molecule has 1 aliphatic carbocycles. The Hall–Kier alpha value is -4.21. The summed E-state index contributed by atoms with van der Waals surface area (Å²) in [6.45, 7) is 8.69. The van der Waals surface area contributed by atoms with Crippen LogP contribution < -0.4 is 0 Å². The monoisotopic (exact) mass is 623 g/mol. The Labute approximate surface area is 265 Å². The number of methoxy groups -OCH3 is 1. The van der Waals surface area contributed by atoms with Crippen LogP contribution >= 0.6 is 0 Å². The van der Waals surface area contributed by atoms with Crippen LogP contribution in [0.3, 0.4) is 0 Å². The van der Waals surface area contributed by atoms with Crippen molar-refractivity contribution < 1.29 is 43.3 Å². The van der Waals surface area contributed by atoms with Gasteiger partial charge in [-0.1, -0.05) is 88.4 Å². The van der Waals surface area contributed by atoms with Crippen molar-refractivity contribution in [2.45, 2.75) is 72.6 Å². The van der Waals surface area contributed by atoms with Crippen molar-refractivity contribution in [3.05, 3.63) is 71.8 Å². The molecule has 1 saturated heterocycles.